The molecule has 0 saturated heterocycles. The average Bonchev–Trinajstić information content (AvgIpc) is 2.70. The van der Waals surface area contributed by atoms with Crippen molar-refractivity contribution in [1.29, 1.82) is 0 Å². The van der Waals surface area contributed by atoms with Gasteiger partial charge in [-0.2, -0.15) is 0 Å². The van der Waals surface area contributed by atoms with Crippen LogP contribution in [0.3, 0.4) is 0 Å². The lowest BCUT2D eigenvalue weighted by Crippen LogP contribution is -1.99. The molecular weight excluding hydrogens is 190 g/mol. The number of hydrogen-bond donors (Lipinski definition) is 1. The molecule has 0 spiro atoms. The highest BCUT2D eigenvalue weighted by Crippen LogP contribution is 2.25. The highest BCUT2D eigenvalue weighted by molar-refractivity contribution is 5.87. The van der Waals surface area contributed by atoms with Gasteiger partial charge in [0.1, 0.15) is 12.6 Å². The number of benzene rings is 1. The SMILES string of the molecule is O=CCC(C=O)c1c[nH]c2ccccc12. The van der Waals surface area contributed by atoms with Gasteiger partial charge in [-0.05, 0) is 11.6 Å². The van der Waals surface area contributed by atoms with Crippen molar-refractivity contribution < 1.29 is 9.59 Å². The number of fused-ring (bicyclic) bond motifs is 1. The van der Waals surface area contributed by atoms with Crippen LogP contribution in [0.25, 0.3) is 10.9 Å². The molecule has 1 atom stereocenters. The Morgan fingerprint density at radius 2 is 2.07 bits per heavy atom. The van der Waals surface area contributed by atoms with Crippen molar-refractivity contribution in [2.75, 3.05) is 0 Å². The first kappa shape index (κ1) is 9.65. The molecule has 2 rings (SSSR count). The molecule has 0 fully saturated rings. The van der Waals surface area contributed by atoms with E-state index < -0.39 is 0 Å². The summed E-state index contributed by atoms with van der Waals surface area (Å²) in [5.74, 6) is -0.335. The third-order valence-electron chi connectivity index (χ3n) is 2.54. The minimum atomic E-state index is -0.335. The fraction of sp³-hybridized carbons (Fsp3) is 0.167. The number of hydrogen-bond acceptors (Lipinski definition) is 2. The molecule has 1 unspecified atom stereocenters. The molecule has 1 N–H and O–H groups in total. The molecule has 1 heterocycles. The van der Waals surface area contributed by atoms with Crippen LogP contribution in [0.5, 0.6) is 0 Å². The van der Waals surface area contributed by atoms with Gasteiger partial charge >= 0.3 is 0 Å². The van der Waals surface area contributed by atoms with E-state index in [0.29, 0.717) is 0 Å². The van der Waals surface area contributed by atoms with E-state index in [2.05, 4.69) is 4.98 Å². The van der Waals surface area contributed by atoms with E-state index in [1.807, 2.05) is 24.3 Å². The van der Waals surface area contributed by atoms with Gasteiger partial charge in [-0.25, -0.2) is 0 Å². The Kier molecular flexibility index (Phi) is 2.63. The van der Waals surface area contributed by atoms with Crippen molar-refractivity contribution in [2.45, 2.75) is 12.3 Å². The number of carbonyl (C=O) groups is 2. The van der Waals surface area contributed by atoms with Gasteiger partial charge in [-0.3, -0.25) is 0 Å². The zero-order chi connectivity index (χ0) is 10.7. The van der Waals surface area contributed by atoms with Gasteiger partial charge in [-0.15, -0.1) is 0 Å². The van der Waals surface area contributed by atoms with Gasteiger partial charge in [0, 0.05) is 29.4 Å². The van der Waals surface area contributed by atoms with E-state index >= 15 is 0 Å². The summed E-state index contributed by atoms with van der Waals surface area (Å²) in [6.45, 7) is 0. The van der Waals surface area contributed by atoms with Crippen LogP contribution in [-0.2, 0) is 9.59 Å². The molecule has 0 aliphatic heterocycles. The topological polar surface area (TPSA) is 49.9 Å². The van der Waals surface area contributed by atoms with Crippen LogP contribution in [0, 0.1) is 0 Å². The molecule has 0 radical (unpaired) electrons. The quantitative estimate of drug-likeness (QED) is 0.769. The van der Waals surface area contributed by atoms with E-state index in [9.17, 15) is 9.59 Å². The van der Waals surface area contributed by atoms with Gasteiger partial charge in [-0.1, -0.05) is 18.2 Å². The second kappa shape index (κ2) is 4.09. The van der Waals surface area contributed by atoms with Crippen molar-refractivity contribution >= 4 is 23.5 Å². The zero-order valence-corrected chi connectivity index (χ0v) is 8.14. The number of aldehydes is 2. The highest BCUT2D eigenvalue weighted by Gasteiger charge is 2.13. The summed E-state index contributed by atoms with van der Waals surface area (Å²) in [6, 6.07) is 7.74. The first-order valence-electron chi connectivity index (χ1n) is 4.81. The summed E-state index contributed by atoms with van der Waals surface area (Å²) in [6.07, 6.45) is 3.64. The lowest BCUT2D eigenvalue weighted by atomic mass is 9.97. The van der Waals surface area contributed by atoms with E-state index in [-0.39, 0.29) is 12.3 Å². The number of aromatic nitrogens is 1. The summed E-state index contributed by atoms with van der Waals surface area (Å²) in [5, 5.41) is 1.01. The van der Waals surface area contributed by atoms with Crippen LogP contribution in [0.4, 0.5) is 0 Å². The fourth-order valence-corrected chi connectivity index (χ4v) is 1.76. The number of nitrogens with one attached hydrogen (secondary N) is 1. The van der Waals surface area contributed by atoms with Crippen molar-refractivity contribution in [3.63, 3.8) is 0 Å². The average molecular weight is 201 g/mol. The maximum Gasteiger partial charge on any atom is 0.127 e. The standard InChI is InChI=1S/C12H11NO2/c14-6-5-9(8-15)11-7-13-12-4-2-1-3-10(11)12/h1-4,6-9,13H,5H2. The summed E-state index contributed by atoms with van der Waals surface area (Å²) in [7, 11) is 0. The fourth-order valence-electron chi connectivity index (χ4n) is 1.76. The Hall–Kier alpha value is -1.90. The van der Waals surface area contributed by atoms with E-state index in [0.717, 1.165) is 29.0 Å². The Morgan fingerprint density at radius 1 is 1.27 bits per heavy atom. The molecule has 3 heteroatoms. The zero-order valence-electron chi connectivity index (χ0n) is 8.14. The summed E-state index contributed by atoms with van der Waals surface area (Å²) < 4.78 is 0. The molecule has 0 bridgehead atoms. The van der Waals surface area contributed by atoms with Crippen LogP contribution in [0.15, 0.2) is 30.5 Å². The summed E-state index contributed by atoms with van der Waals surface area (Å²) in [4.78, 5) is 24.4. The Balaban J connectivity index is 2.50. The minimum Gasteiger partial charge on any atom is -0.361 e. The molecule has 1 aromatic carbocycles. The smallest absolute Gasteiger partial charge is 0.127 e. The van der Waals surface area contributed by atoms with E-state index in [1.165, 1.54) is 0 Å². The molecule has 15 heavy (non-hydrogen) atoms. The molecule has 0 amide bonds. The lowest BCUT2D eigenvalue weighted by molar-refractivity contribution is -0.113. The normalized spacial score (nSPS) is 12.5. The number of aromatic amines is 1. The van der Waals surface area contributed by atoms with Gasteiger partial charge in [0.15, 0.2) is 0 Å². The van der Waals surface area contributed by atoms with Crippen molar-refractivity contribution in [3.05, 3.63) is 36.0 Å². The van der Waals surface area contributed by atoms with Gasteiger partial charge in [0.05, 0.1) is 0 Å². The predicted molar refractivity (Wildman–Crippen MR) is 57.8 cm³/mol. The van der Waals surface area contributed by atoms with Gasteiger partial charge in [0.25, 0.3) is 0 Å². The second-order valence-electron chi connectivity index (χ2n) is 3.43. The molecule has 0 aliphatic carbocycles. The Bertz CT molecular complexity index is 487. The monoisotopic (exact) mass is 201 g/mol. The number of carbonyl (C=O) groups excluding carboxylic acids is 2. The third kappa shape index (κ3) is 1.68. The molecule has 1 aromatic heterocycles. The largest absolute Gasteiger partial charge is 0.361 e. The summed E-state index contributed by atoms with van der Waals surface area (Å²) in [5.41, 5.74) is 1.89. The number of rotatable bonds is 4. The molecular formula is C12H11NO2. The van der Waals surface area contributed by atoms with E-state index in [4.69, 9.17) is 0 Å². The van der Waals surface area contributed by atoms with Crippen LogP contribution in [0.1, 0.15) is 17.9 Å². The minimum absolute atomic E-state index is 0.241. The molecule has 0 aliphatic rings. The highest BCUT2D eigenvalue weighted by atomic mass is 16.1. The molecule has 0 saturated carbocycles. The van der Waals surface area contributed by atoms with Crippen LogP contribution in [-0.4, -0.2) is 17.6 Å². The van der Waals surface area contributed by atoms with Crippen molar-refractivity contribution in [1.82, 2.24) is 4.98 Å². The van der Waals surface area contributed by atoms with Crippen molar-refractivity contribution in [2.24, 2.45) is 0 Å². The first-order chi connectivity index (χ1) is 7.36. The lowest BCUT2D eigenvalue weighted by Gasteiger charge is -2.03. The maximum atomic E-state index is 10.9. The Morgan fingerprint density at radius 3 is 2.80 bits per heavy atom. The van der Waals surface area contributed by atoms with E-state index in [1.54, 1.807) is 6.20 Å². The van der Waals surface area contributed by atoms with Gasteiger partial charge < -0.3 is 14.6 Å². The number of H-pyrrole nitrogens is 1. The first-order valence-corrected chi connectivity index (χ1v) is 4.81. The van der Waals surface area contributed by atoms with Crippen LogP contribution >= 0.6 is 0 Å². The number of para-hydroxylation sites is 1. The third-order valence-corrected chi connectivity index (χ3v) is 2.54. The van der Waals surface area contributed by atoms with Crippen LogP contribution in [0.2, 0.25) is 0 Å². The molecule has 76 valence electrons. The predicted octanol–water partition coefficient (Wildman–Crippen LogP) is 2.04. The second-order valence-corrected chi connectivity index (χ2v) is 3.43. The summed E-state index contributed by atoms with van der Waals surface area (Å²) >= 11 is 0. The van der Waals surface area contributed by atoms with Crippen LogP contribution < -0.4 is 0 Å². The Labute approximate surface area is 87.1 Å². The maximum absolute atomic E-state index is 10.9. The van der Waals surface area contributed by atoms with Gasteiger partial charge in [0.2, 0.25) is 0 Å². The van der Waals surface area contributed by atoms with Crippen molar-refractivity contribution in [3.8, 4) is 0 Å². The molecule has 2 aromatic rings. The molecule has 3 nitrogen and oxygen atoms in total.